The molecule has 0 heterocycles. The molecule has 1 amide bonds. The Hall–Kier alpha value is -2.03. The lowest BCUT2D eigenvalue weighted by molar-refractivity contribution is -0.122. The fourth-order valence-electron chi connectivity index (χ4n) is 1.84. The van der Waals surface area contributed by atoms with Crippen LogP contribution in [0.3, 0.4) is 0 Å². The third-order valence-corrected chi connectivity index (χ3v) is 5.23. The molecule has 25 heavy (non-hydrogen) atoms. The predicted octanol–water partition coefficient (Wildman–Crippen LogP) is 2.52. The molecule has 0 bridgehead atoms. The molecule has 0 atom stereocenters. The van der Waals surface area contributed by atoms with Gasteiger partial charge >= 0.3 is 0 Å². The molecule has 0 fully saturated rings. The normalized spacial score (nSPS) is 11.2. The van der Waals surface area contributed by atoms with Crippen molar-refractivity contribution >= 4 is 38.9 Å². The predicted molar refractivity (Wildman–Crippen MR) is 105 cm³/mol. The quantitative estimate of drug-likeness (QED) is 0.534. The third kappa shape index (κ3) is 6.08. The molecule has 1 aromatic rings. The van der Waals surface area contributed by atoms with Crippen LogP contribution in [0.15, 0.2) is 54.5 Å². The molecule has 1 aromatic carbocycles. The van der Waals surface area contributed by atoms with Gasteiger partial charge in [0, 0.05) is 24.7 Å². The van der Waals surface area contributed by atoms with Gasteiger partial charge in [-0.25, -0.2) is 8.42 Å². The van der Waals surface area contributed by atoms with Crippen molar-refractivity contribution in [1.82, 2.24) is 9.62 Å². The first kappa shape index (κ1) is 21.0. The summed E-state index contributed by atoms with van der Waals surface area (Å²) in [5.41, 5.74) is 0.576. The molecule has 0 radical (unpaired) electrons. The number of carbonyl (C=O) groups excluding carboxylic acids is 1. The van der Waals surface area contributed by atoms with Gasteiger partial charge in [-0.1, -0.05) is 26.0 Å². The number of carbonyl (C=O) groups is 1. The van der Waals surface area contributed by atoms with Crippen molar-refractivity contribution in [2.45, 2.75) is 18.7 Å². The van der Waals surface area contributed by atoms with Gasteiger partial charge < -0.3 is 10.6 Å². The van der Waals surface area contributed by atoms with Crippen LogP contribution >= 0.6 is 12.2 Å². The van der Waals surface area contributed by atoms with Crippen molar-refractivity contribution in [3.63, 3.8) is 0 Å². The van der Waals surface area contributed by atoms with Crippen molar-refractivity contribution in [3.8, 4) is 0 Å². The molecule has 1 rings (SSSR count). The molecule has 0 saturated heterocycles. The highest BCUT2D eigenvalue weighted by Crippen LogP contribution is 2.18. The molecule has 0 aliphatic carbocycles. The Morgan fingerprint density at radius 3 is 2.16 bits per heavy atom. The monoisotopic (exact) mass is 381 g/mol. The number of nitrogens with zero attached hydrogens (tertiary/aromatic N) is 1. The van der Waals surface area contributed by atoms with Crippen molar-refractivity contribution in [1.29, 1.82) is 0 Å². The molecular formula is C17H23N3O3S2. The number of amides is 1. The van der Waals surface area contributed by atoms with Gasteiger partial charge in [0.1, 0.15) is 0 Å². The highest BCUT2D eigenvalue weighted by Gasteiger charge is 2.22. The highest BCUT2D eigenvalue weighted by molar-refractivity contribution is 7.89. The Labute approximate surface area is 154 Å². The largest absolute Gasteiger partial charge is 0.332 e. The number of rotatable bonds is 8. The van der Waals surface area contributed by atoms with E-state index < -0.39 is 10.0 Å². The van der Waals surface area contributed by atoms with E-state index in [2.05, 4.69) is 23.8 Å². The average molecular weight is 382 g/mol. The lowest BCUT2D eigenvalue weighted by Crippen LogP contribution is -2.36. The SMILES string of the molecule is C=CCN(CC=C)S(=O)(=O)c1ccc(NC(=S)NC(=O)C(C)C)cc1. The van der Waals surface area contributed by atoms with E-state index >= 15 is 0 Å². The van der Waals surface area contributed by atoms with Gasteiger partial charge in [0.15, 0.2) is 5.11 Å². The summed E-state index contributed by atoms with van der Waals surface area (Å²) in [6, 6.07) is 6.12. The van der Waals surface area contributed by atoms with E-state index in [0.29, 0.717) is 5.69 Å². The summed E-state index contributed by atoms with van der Waals surface area (Å²) in [5.74, 6) is -0.380. The highest BCUT2D eigenvalue weighted by atomic mass is 32.2. The number of thiocarbonyl (C=S) groups is 1. The second-order valence-corrected chi connectivity index (χ2v) is 7.87. The average Bonchev–Trinajstić information content (AvgIpc) is 2.54. The molecule has 0 spiro atoms. The van der Waals surface area contributed by atoms with Gasteiger partial charge in [0.25, 0.3) is 0 Å². The molecule has 0 aliphatic heterocycles. The maximum Gasteiger partial charge on any atom is 0.243 e. The summed E-state index contributed by atoms with van der Waals surface area (Å²) in [6.07, 6.45) is 3.04. The zero-order chi connectivity index (χ0) is 19.0. The minimum Gasteiger partial charge on any atom is -0.332 e. The molecule has 136 valence electrons. The topological polar surface area (TPSA) is 78.5 Å². The van der Waals surface area contributed by atoms with Crippen LogP contribution in [0.1, 0.15) is 13.8 Å². The van der Waals surface area contributed by atoms with E-state index in [1.807, 2.05) is 0 Å². The third-order valence-electron chi connectivity index (χ3n) is 3.18. The van der Waals surface area contributed by atoms with E-state index in [1.165, 1.54) is 28.6 Å². The number of benzene rings is 1. The van der Waals surface area contributed by atoms with Crippen molar-refractivity contribution in [2.75, 3.05) is 18.4 Å². The Bertz CT molecular complexity index is 731. The molecule has 6 nitrogen and oxygen atoms in total. The van der Waals surface area contributed by atoms with Crippen LogP contribution in [0.4, 0.5) is 5.69 Å². The summed E-state index contributed by atoms with van der Waals surface area (Å²) < 4.78 is 26.5. The van der Waals surface area contributed by atoms with Crippen molar-refractivity contribution in [3.05, 3.63) is 49.6 Å². The maximum atomic E-state index is 12.6. The van der Waals surface area contributed by atoms with Gasteiger partial charge in [-0.05, 0) is 36.5 Å². The zero-order valence-corrected chi connectivity index (χ0v) is 16.0. The number of anilines is 1. The molecule has 0 saturated carbocycles. The van der Waals surface area contributed by atoms with Gasteiger partial charge in [0.2, 0.25) is 15.9 Å². The second-order valence-electron chi connectivity index (χ2n) is 5.52. The minimum atomic E-state index is -3.64. The van der Waals surface area contributed by atoms with Crippen molar-refractivity contribution < 1.29 is 13.2 Å². The van der Waals surface area contributed by atoms with Crippen molar-refractivity contribution in [2.24, 2.45) is 5.92 Å². The number of hydrogen-bond acceptors (Lipinski definition) is 4. The molecule has 8 heteroatoms. The molecular weight excluding hydrogens is 358 g/mol. The summed E-state index contributed by atoms with van der Waals surface area (Å²) in [6.45, 7) is 11.1. The van der Waals surface area contributed by atoms with Gasteiger partial charge in [-0.15, -0.1) is 13.2 Å². The zero-order valence-electron chi connectivity index (χ0n) is 14.4. The number of sulfonamides is 1. The van der Waals surface area contributed by atoms with E-state index in [-0.39, 0.29) is 34.9 Å². The lowest BCUT2D eigenvalue weighted by Gasteiger charge is -2.19. The van der Waals surface area contributed by atoms with Crippen LogP contribution in [0.2, 0.25) is 0 Å². The van der Waals surface area contributed by atoms with Crippen LogP contribution in [-0.4, -0.2) is 36.8 Å². The Kier molecular flexibility index (Phi) is 7.95. The summed E-state index contributed by atoms with van der Waals surface area (Å²) in [4.78, 5) is 11.7. The first-order chi connectivity index (χ1) is 11.7. The Morgan fingerprint density at radius 2 is 1.72 bits per heavy atom. The van der Waals surface area contributed by atoms with E-state index in [1.54, 1.807) is 26.0 Å². The minimum absolute atomic E-state index is 0.152. The van der Waals surface area contributed by atoms with Crippen LogP contribution in [0.5, 0.6) is 0 Å². The van der Waals surface area contributed by atoms with Gasteiger partial charge in [-0.2, -0.15) is 4.31 Å². The molecule has 0 aromatic heterocycles. The second kappa shape index (κ2) is 9.45. The number of nitrogens with one attached hydrogen (secondary N) is 2. The fraction of sp³-hybridized carbons (Fsp3) is 0.294. The summed E-state index contributed by atoms with van der Waals surface area (Å²) in [7, 11) is -3.64. The van der Waals surface area contributed by atoms with Crippen LogP contribution < -0.4 is 10.6 Å². The molecule has 2 N–H and O–H groups in total. The standard InChI is InChI=1S/C17H23N3O3S2/c1-5-11-20(12-6-2)25(22,23)15-9-7-14(8-10-15)18-17(24)19-16(21)13(3)4/h5-10,13H,1-2,11-12H2,3-4H3,(H2,18,19,21,24). The first-order valence-corrected chi connectivity index (χ1v) is 9.51. The molecule has 0 aliphatic rings. The van der Waals surface area contributed by atoms with E-state index in [0.717, 1.165) is 0 Å². The van der Waals surface area contributed by atoms with Gasteiger partial charge in [0.05, 0.1) is 4.90 Å². The Balaban J connectivity index is 2.87. The smallest absolute Gasteiger partial charge is 0.243 e. The number of hydrogen-bond donors (Lipinski definition) is 2. The fourth-order valence-corrected chi connectivity index (χ4v) is 3.44. The van der Waals surface area contributed by atoms with Gasteiger partial charge in [-0.3, -0.25) is 4.79 Å². The summed E-state index contributed by atoms with van der Waals surface area (Å²) >= 11 is 5.06. The Morgan fingerprint density at radius 1 is 1.20 bits per heavy atom. The summed E-state index contributed by atoms with van der Waals surface area (Å²) in [5, 5.41) is 5.56. The van der Waals surface area contributed by atoms with Crippen LogP contribution in [0, 0.1) is 5.92 Å². The first-order valence-electron chi connectivity index (χ1n) is 7.66. The van der Waals surface area contributed by atoms with E-state index in [4.69, 9.17) is 12.2 Å². The van der Waals surface area contributed by atoms with Crippen LogP contribution in [-0.2, 0) is 14.8 Å². The lowest BCUT2D eigenvalue weighted by atomic mass is 10.2. The van der Waals surface area contributed by atoms with Crippen LogP contribution in [0.25, 0.3) is 0 Å². The van der Waals surface area contributed by atoms with E-state index in [9.17, 15) is 13.2 Å². The maximum absolute atomic E-state index is 12.6. The molecule has 0 unspecified atom stereocenters.